The van der Waals surface area contributed by atoms with Gasteiger partial charge in [0, 0.05) is 19.3 Å². The number of unbranched alkanes of at least 4 members (excludes halogenated alkanes) is 36. The maximum atomic E-state index is 12.8. The maximum Gasteiger partial charge on any atom is 0.306 e. The van der Waals surface area contributed by atoms with Gasteiger partial charge in [0.25, 0.3) is 0 Å². The Bertz CT molecular complexity index is 903. The molecule has 0 bridgehead atoms. The van der Waals surface area contributed by atoms with Gasteiger partial charge in [0.2, 0.25) is 0 Å². The molecule has 0 N–H and O–H groups in total. The van der Waals surface area contributed by atoms with Crippen LogP contribution >= 0.6 is 0 Å². The van der Waals surface area contributed by atoms with E-state index in [1.54, 1.807) is 0 Å². The zero-order valence-electron chi connectivity index (χ0n) is 40.9. The van der Waals surface area contributed by atoms with Crippen LogP contribution in [0.25, 0.3) is 0 Å². The Hall–Kier alpha value is -1.59. The highest BCUT2D eigenvalue weighted by Gasteiger charge is 2.19. The van der Waals surface area contributed by atoms with Crippen LogP contribution in [0.2, 0.25) is 0 Å². The summed E-state index contributed by atoms with van der Waals surface area (Å²) in [7, 11) is 0. The Morgan fingerprint density at radius 3 is 0.817 bits per heavy atom. The highest BCUT2D eigenvalue weighted by Crippen LogP contribution is 2.17. The molecule has 0 heterocycles. The summed E-state index contributed by atoms with van der Waals surface area (Å²) in [5.74, 6) is -0.0141. The van der Waals surface area contributed by atoms with Crippen molar-refractivity contribution in [3.8, 4) is 0 Å². The molecule has 0 amide bonds. The first-order chi connectivity index (χ1) is 29.4. The fourth-order valence-electron chi connectivity index (χ4n) is 8.22. The third-order valence-electron chi connectivity index (χ3n) is 12.3. The zero-order valence-corrected chi connectivity index (χ0v) is 40.9. The van der Waals surface area contributed by atoms with Gasteiger partial charge in [0.1, 0.15) is 13.2 Å². The van der Waals surface area contributed by atoms with Gasteiger partial charge < -0.3 is 14.2 Å². The quantitative estimate of drug-likeness (QED) is 0.0345. The first-order valence-corrected chi connectivity index (χ1v) is 26.9. The number of carbonyl (C=O) groups is 3. The molecule has 0 unspecified atom stereocenters. The van der Waals surface area contributed by atoms with Gasteiger partial charge in [-0.1, -0.05) is 265 Å². The lowest BCUT2D eigenvalue weighted by Gasteiger charge is -2.18. The van der Waals surface area contributed by atoms with Crippen LogP contribution in [-0.2, 0) is 28.6 Å². The predicted molar refractivity (Wildman–Crippen MR) is 257 cm³/mol. The highest BCUT2D eigenvalue weighted by molar-refractivity contribution is 5.71. The van der Waals surface area contributed by atoms with Crippen molar-refractivity contribution >= 4 is 17.9 Å². The second kappa shape index (κ2) is 48.4. The van der Waals surface area contributed by atoms with Crippen molar-refractivity contribution in [1.82, 2.24) is 0 Å². The van der Waals surface area contributed by atoms with Crippen molar-refractivity contribution in [3.63, 3.8) is 0 Å². The molecule has 0 aromatic rings. The van der Waals surface area contributed by atoms with E-state index in [2.05, 4.69) is 27.7 Å². The van der Waals surface area contributed by atoms with Crippen molar-refractivity contribution in [2.75, 3.05) is 13.2 Å². The van der Waals surface area contributed by atoms with Crippen LogP contribution in [0.15, 0.2) is 0 Å². The number of esters is 3. The van der Waals surface area contributed by atoms with Crippen molar-refractivity contribution in [2.45, 2.75) is 310 Å². The normalized spacial score (nSPS) is 11.9. The topological polar surface area (TPSA) is 78.9 Å². The molecule has 0 aliphatic heterocycles. The minimum atomic E-state index is -0.761. The van der Waals surface area contributed by atoms with Crippen molar-refractivity contribution in [2.24, 2.45) is 5.92 Å². The maximum absolute atomic E-state index is 12.8. The van der Waals surface area contributed by atoms with Crippen LogP contribution in [0.3, 0.4) is 0 Å². The smallest absolute Gasteiger partial charge is 0.306 e. The molecule has 0 fully saturated rings. The predicted octanol–water partition coefficient (Wildman–Crippen LogP) is 17.5. The molecule has 0 aromatic carbocycles. The Labute approximate surface area is 374 Å². The summed E-state index contributed by atoms with van der Waals surface area (Å²) < 4.78 is 16.8. The van der Waals surface area contributed by atoms with Crippen molar-refractivity contribution in [3.05, 3.63) is 0 Å². The summed E-state index contributed by atoms with van der Waals surface area (Å²) in [5.41, 5.74) is 0. The Morgan fingerprint density at radius 2 is 0.550 bits per heavy atom. The van der Waals surface area contributed by atoms with Crippen molar-refractivity contribution < 1.29 is 28.6 Å². The minimum Gasteiger partial charge on any atom is -0.462 e. The molecular weight excluding hydrogens is 745 g/mol. The fourth-order valence-corrected chi connectivity index (χ4v) is 8.22. The standard InChI is InChI=1S/C54H104O6/c1-5-7-9-11-13-15-17-19-20-22-25-29-33-37-41-45-52(55)58-48-51(60-54(57)47-43-39-35-31-26-21-18-16-14-12-10-8-6-2)49-59-53(56)46-42-38-34-30-27-23-24-28-32-36-40-44-50(3)4/h50-51H,5-49H2,1-4H3/t51-/m1/s1. The molecular formula is C54H104O6. The van der Waals surface area contributed by atoms with Crippen molar-refractivity contribution in [1.29, 1.82) is 0 Å². The second-order valence-corrected chi connectivity index (χ2v) is 19.0. The molecule has 6 nitrogen and oxygen atoms in total. The van der Waals surface area contributed by atoms with Crippen LogP contribution in [0.5, 0.6) is 0 Å². The molecule has 0 aromatic heterocycles. The van der Waals surface area contributed by atoms with Gasteiger partial charge in [-0.2, -0.15) is 0 Å². The van der Waals surface area contributed by atoms with Gasteiger partial charge in [-0.15, -0.1) is 0 Å². The van der Waals surface area contributed by atoms with E-state index < -0.39 is 6.10 Å². The second-order valence-electron chi connectivity index (χ2n) is 19.0. The first kappa shape index (κ1) is 58.4. The van der Waals surface area contributed by atoms with E-state index in [0.29, 0.717) is 19.3 Å². The molecule has 60 heavy (non-hydrogen) atoms. The average molecular weight is 849 g/mol. The number of hydrogen-bond donors (Lipinski definition) is 0. The van der Waals surface area contributed by atoms with E-state index >= 15 is 0 Å². The molecule has 0 radical (unpaired) electrons. The molecule has 0 aliphatic rings. The van der Waals surface area contributed by atoms with E-state index in [0.717, 1.165) is 63.7 Å². The number of rotatable bonds is 49. The highest BCUT2D eigenvalue weighted by atomic mass is 16.6. The van der Waals surface area contributed by atoms with Gasteiger partial charge in [0.05, 0.1) is 0 Å². The third-order valence-corrected chi connectivity index (χ3v) is 12.3. The molecule has 0 aliphatic carbocycles. The van der Waals surface area contributed by atoms with Crippen LogP contribution in [0.1, 0.15) is 304 Å². The van der Waals surface area contributed by atoms with Gasteiger partial charge in [-0.3, -0.25) is 14.4 Å². The van der Waals surface area contributed by atoms with E-state index in [-0.39, 0.29) is 31.1 Å². The monoisotopic (exact) mass is 849 g/mol. The Morgan fingerprint density at radius 1 is 0.317 bits per heavy atom. The minimum absolute atomic E-state index is 0.0624. The fraction of sp³-hybridized carbons (Fsp3) is 0.944. The van der Waals surface area contributed by atoms with Crippen LogP contribution in [0, 0.1) is 5.92 Å². The summed E-state index contributed by atoms with van der Waals surface area (Å²) in [6, 6.07) is 0. The lowest BCUT2D eigenvalue weighted by atomic mass is 10.0. The number of carbonyl (C=O) groups excluding carboxylic acids is 3. The molecule has 0 saturated carbocycles. The van der Waals surface area contributed by atoms with Crippen LogP contribution in [0.4, 0.5) is 0 Å². The molecule has 1 atom stereocenters. The molecule has 356 valence electrons. The number of ether oxygens (including phenoxy) is 3. The Kier molecular flexibility index (Phi) is 47.2. The van der Waals surface area contributed by atoms with E-state index in [9.17, 15) is 14.4 Å². The lowest BCUT2D eigenvalue weighted by Crippen LogP contribution is -2.30. The SMILES string of the molecule is CCCCCCCCCCCCCCCCCC(=O)OC[C@H](COC(=O)CCCCCCCCCCCCCC(C)C)OC(=O)CCCCCCCCCCCCCCC. The zero-order chi connectivity index (χ0) is 43.8. The first-order valence-electron chi connectivity index (χ1n) is 26.9. The van der Waals surface area contributed by atoms with E-state index in [4.69, 9.17) is 14.2 Å². The molecule has 0 saturated heterocycles. The summed E-state index contributed by atoms with van der Waals surface area (Å²) in [5, 5.41) is 0. The molecule has 0 spiro atoms. The third kappa shape index (κ3) is 47.5. The Balaban J connectivity index is 4.30. The van der Waals surface area contributed by atoms with Gasteiger partial charge in [0.15, 0.2) is 6.10 Å². The summed E-state index contributed by atoms with van der Waals surface area (Å²) in [4.78, 5) is 38.0. The summed E-state index contributed by atoms with van der Waals surface area (Å²) in [6.07, 6.45) is 50.8. The van der Waals surface area contributed by atoms with Gasteiger partial charge in [-0.25, -0.2) is 0 Å². The average Bonchev–Trinajstić information content (AvgIpc) is 3.23. The summed E-state index contributed by atoms with van der Waals surface area (Å²) in [6.45, 7) is 9.03. The van der Waals surface area contributed by atoms with Gasteiger partial charge in [-0.05, 0) is 25.2 Å². The number of hydrogen-bond acceptors (Lipinski definition) is 6. The summed E-state index contributed by atoms with van der Waals surface area (Å²) >= 11 is 0. The molecule has 0 rings (SSSR count). The van der Waals surface area contributed by atoms with Crippen LogP contribution < -0.4 is 0 Å². The van der Waals surface area contributed by atoms with Crippen LogP contribution in [-0.4, -0.2) is 37.2 Å². The van der Waals surface area contributed by atoms with E-state index in [1.807, 2.05) is 0 Å². The molecule has 6 heteroatoms. The lowest BCUT2D eigenvalue weighted by molar-refractivity contribution is -0.167. The van der Waals surface area contributed by atoms with Gasteiger partial charge >= 0.3 is 17.9 Å². The largest absolute Gasteiger partial charge is 0.462 e. The van der Waals surface area contributed by atoms with E-state index in [1.165, 1.54) is 199 Å².